The average Bonchev–Trinajstić information content (AvgIpc) is 2.59. The zero-order chi connectivity index (χ0) is 17.3. The number of rotatable bonds is 3. The number of aromatic nitrogens is 1. The van der Waals surface area contributed by atoms with Crippen LogP contribution in [0.5, 0.6) is 17.2 Å². The van der Waals surface area contributed by atoms with Crippen LogP contribution in [0.25, 0.3) is 10.8 Å². The van der Waals surface area contributed by atoms with E-state index in [0.29, 0.717) is 22.6 Å². The number of nitrogens with zero attached hydrogens (tertiary/aromatic N) is 1. The van der Waals surface area contributed by atoms with Crippen molar-refractivity contribution in [2.24, 2.45) is 0 Å². The Morgan fingerprint density at radius 3 is 2.33 bits per heavy atom. The first-order valence-corrected chi connectivity index (χ1v) is 7.45. The number of carbonyl (C=O) groups excluding carboxylic acids is 1. The first-order chi connectivity index (χ1) is 11.5. The van der Waals surface area contributed by atoms with Crippen LogP contribution in [-0.2, 0) is 4.74 Å². The lowest BCUT2D eigenvalue weighted by atomic mass is 10.1. The molecule has 3 rings (SSSR count). The number of carbonyl (C=O) groups is 1. The van der Waals surface area contributed by atoms with E-state index in [0.717, 1.165) is 10.9 Å². The largest absolute Gasteiger partial charge is 0.505 e. The maximum Gasteiger partial charge on any atom is 0.360 e. The van der Waals surface area contributed by atoms with Gasteiger partial charge < -0.3 is 14.6 Å². The Morgan fingerprint density at radius 1 is 1.00 bits per heavy atom. The highest BCUT2D eigenvalue weighted by Crippen LogP contribution is 2.34. The SMILES string of the molecule is COC(=O)c1nc(C)c2ccc(Oc3ccc(C)cc3)cc2c1O. The maximum atomic E-state index is 11.8. The van der Waals surface area contributed by atoms with Gasteiger partial charge in [0.1, 0.15) is 11.5 Å². The van der Waals surface area contributed by atoms with Crippen molar-refractivity contribution in [1.82, 2.24) is 4.98 Å². The van der Waals surface area contributed by atoms with E-state index in [4.69, 9.17) is 4.74 Å². The summed E-state index contributed by atoms with van der Waals surface area (Å²) in [4.78, 5) is 15.9. The second kappa shape index (κ2) is 6.20. The van der Waals surface area contributed by atoms with Gasteiger partial charge in [-0.2, -0.15) is 0 Å². The summed E-state index contributed by atoms with van der Waals surface area (Å²) in [6.45, 7) is 3.77. The number of aromatic hydroxyl groups is 1. The fourth-order valence-electron chi connectivity index (χ4n) is 2.49. The van der Waals surface area contributed by atoms with Crippen LogP contribution in [0.4, 0.5) is 0 Å². The lowest BCUT2D eigenvalue weighted by molar-refractivity contribution is 0.0590. The smallest absolute Gasteiger partial charge is 0.360 e. The topological polar surface area (TPSA) is 68.7 Å². The van der Waals surface area contributed by atoms with E-state index in [1.807, 2.05) is 37.3 Å². The molecule has 3 aromatic rings. The maximum absolute atomic E-state index is 11.8. The second-order valence-corrected chi connectivity index (χ2v) is 5.51. The molecular formula is C19H17NO4. The number of esters is 1. The van der Waals surface area contributed by atoms with Crippen molar-refractivity contribution in [1.29, 1.82) is 0 Å². The van der Waals surface area contributed by atoms with E-state index < -0.39 is 5.97 Å². The summed E-state index contributed by atoms with van der Waals surface area (Å²) in [5.41, 5.74) is 1.67. The van der Waals surface area contributed by atoms with Gasteiger partial charge in [-0.25, -0.2) is 9.78 Å². The molecule has 5 nitrogen and oxygen atoms in total. The van der Waals surface area contributed by atoms with Gasteiger partial charge in [-0.1, -0.05) is 17.7 Å². The highest BCUT2D eigenvalue weighted by atomic mass is 16.5. The molecule has 0 atom stereocenters. The summed E-state index contributed by atoms with van der Waals surface area (Å²) < 4.78 is 10.5. The zero-order valence-electron chi connectivity index (χ0n) is 13.7. The van der Waals surface area contributed by atoms with E-state index in [2.05, 4.69) is 9.72 Å². The van der Waals surface area contributed by atoms with Crippen molar-refractivity contribution >= 4 is 16.7 Å². The lowest BCUT2D eigenvalue weighted by Gasteiger charge is -2.11. The van der Waals surface area contributed by atoms with Crippen LogP contribution in [0.2, 0.25) is 0 Å². The van der Waals surface area contributed by atoms with Gasteiger partial charge in [-0.3, -0.25) is 0 Å². The Kier molecular flexibility index (Phi) is 4.08. The minimum Gasteiger partial charge on any atom is -0.505 e. The Bertz CT molecular complexity index is 917. The van der Waals surface area contributed by atoms with Gasteiger partial charge in [0.05, 0.1) is 7.11 Å². The standard InChI is InChI=1S/C19H17NO4/c1-11-4-6-13(7-5-11)24-14-8-9-15-12(2)20-17(19(22)23-3)18(21)16(15)10-14/h4-10,21H,1-3H3. The highest BCUT2D eigenvalue weighted by Gasteiger charge is 2.18. The van der Waals surface area contributed by atoms with Crippen molar-refractivity contribution in [3.05, 3.63) is 59.4 Å². The number of benzene rings is 2. The van der Waals surface area contributed by atoms with Gasteiger partial charge in [0, 0.05) is 16.5 Å². The van der Waals surface area contributed by atoms with Crippen molar-refractivity contribution in [2.75, 3.05) is 7.11 Å². The molecule has 0 fully saturated rings. The first kappa shape index (κ1) is 15.8. The molecule has 2 aromatic carbocycles. The molecule has 5 heteroatoms. The average molecular weight is 323 g/mol. The Balaban J connectivity index is 2.07. The van der Waals surface area contributed by atoms with Crippen LogP contribution in [0.1, 0.15) is 21.7 Å². The molecule has 0 unspecified atom stereocenters. The number of methoxy groups -OCH3 is 1. The van der Waals surface area contributed by atoms with Crippen LogP contribution >= 0.6 is 0 Å². The Morgan fingerprint density at radius 2 is 1.67 bits per heavy atom. The van der Waals surface area contributed by atoms with Crippen molar-refractivity contribution in [3.63, 3.8) is 0 Å². The Labute approximate surface area is 139 Å². The summed E-state index contributed by atoms with van der Waals surface area (Å²) in [6, 6.07) is 12.9. The number of hydrogen-bond donors (Lipinski definition) is 1. The highest BCUT2D eigenvalue weighted by molar-refractivity contribution is 6.00. The third-order valence-electron chi connectivity index (χ3n) is 3.78. The number of aryl methyl sites for hydroxylation is 2. The third kappa shape index (κ3) is 2.88. The van der Waals surface area contributed by atoms with Crippen LogP contribution < -0.4 is 4.74 Å². The molecule has 24 heavy (non-hydrogen) atoms. The van der Waals surface area contributed by atoms with Crippen molar-refractivity contribution < 1.29 is 19.4 Å². The molecular weight excluding hydrogens is 306 g/mol. The van der Waals surface area contributed by atoms with Gasteiger partial charge in [-0.15, -0.1) is 0 Å². The van der Waals surface area contributed by atoms with E-state index in [-0.39, 0.29) is 11.4 Å². The monoisotopic (exact) mass is 323 g/mol. The van der Waals surface area contributed by atoms with Crippen LogP contribution in [0.15, 0.2) is 42.5 Å². The van der Waals surface area contributed by atoms with Crippen molar-refractivity contribution in [2.45, 2.75) is 13.8 Å². The molecule has 1 aromatic heterocycles. The molecule has 0 bridgehead atoms. The molecule has 122 valence electrons. The van der Waals surface area contributed by atoms with Crippen LogP contribution in [0, 0.1) is 13.8 Å². The van der Waals surface area contributed by atoms with Gasteiger partial charge in [0.2, 0.25) is 0 Å². The fraction of sp³-hybridized carbons (Fsp3) is 0.158. The molecule has 1 heterocycles. The van der Waals surface area contributed by atoms with E-state index >= 15 is 0 Å². The molecule has 0 aliphatic rings. The molecule has 0 radical (unpaired) electrons. The van der Waals surface area contributed by atoms with Gasteiger partial charge in [0.25, 0.3) is 0 Å². The fourth-order valence-corrected chi connectivity index (χ4v) is 2.49. The van der Waals surface area contributed by atoms with E-state index in [9.17, 15) is 9.90 Å². The lowest BCUT2D eigenvalue weighted by Crippen LogP contribution is -2.06. The molecule has 0 saturated carbocycles. The third-order valence-corrected chi connectivity index (χ3v) is 3.78. The molecule has 0 aliphatic carbocycles. The number of fused-ring (bicyclic) bond motifs is 1. The van der Waals surface area contributed by atoms with E-state index in [1.165, 1.54) is 7.11 Å². The summed E-state index contributed by atoms with van der Waals surface area (Å²) in [7, 11) is 1.25. The summed E-state index contributed by atoms with van der Waals surface area (Å²) in [6.07, 6.45) is 0. The van der Waals surface area contributed by atoms with Crippen LogP contribution in [-0.4, -0.2) is 23.2 Å². The normalized spacial score (nSPS) is 10.6. The predicted molar refractivity (Wildman–Crippen MR) is 90.7 cm³/mol. The summed E-state index contributed by atoms with van der Waals surface area (Å²) >= 11 is 0. The summed E-state index contributed by atoms with van der Waals surface area (Å²) in [5, 5.41) is 11.6. The van der Waals surface area contributed by atoms with Gasteiger partial charge in [0.15, 0.2) is 11.4 Å². The number of hydrogen-bond acceptors (Lipinski definition) is 5. The number of pyridine rings is 1. The second-order valence-electron chi connectivity index (χ2n) is 5.51. The zero-order valence-corrected chi connectivity index (χ0v) is 13.7. The Hall–Kier alpha value is -3.08. The molecule has 0 spiro atoms. The minimum atomic E-state index is -0.678. The van der Waals surface area contributed by atoms with Gasteiger partial charge in [-0.05, 0) is 44.2 Å². The molecule has 1 N–H and O–H groups in total. The van der Waals surface area contributed by atoms with E-state index in [1.54, 1.807) is 19.1 Å². The van der Waals surface area contributed by atoms with Crippen molar-refractivity contribution in [3.8, 4) is 17.2 Å². The van der Waals surface area contributed by atoms with Crippen LogP contribution in [0.3, 0.4) is 0 Å². The predicted octanol–water partition coefficient (Wildman–Crippen LogP) is 4.14. The minimum absolute atomic E-state index is 0.102. The summed E-state index contributed by atoms with van der Waals surface area (Å²) in [5.74, 6) is 0.362. The molecule has 0 aliphatic heterocycles. The quantitative estimate of drug-likeness (QED) is 0.734. The molecule has 0 amide bonds. The van der Waals surface area contributed by atoms with Gasteiger partial charge >= 0.3 is 5.97 Å². The first-order valence-electron chi connectivity index (χ1n) is 7.45. The molecule has 0 saturated heterocycles. The number of ether oxygens (including phenoxy) is 2.